The first-order valence-corrected chi connectivity index (χ1v) is 5.07. The third kappa shape index (κ3) is 1.79. The van der Waals surface area contributed by atoms with Crippen LogP contribution in [0.5, 0.6) is 5.75 Å². The summed E-state index contributed by atoms with van der Waals surface area (Å²) in [5.74, 6) is 0.0688. The maximum absolute atomic E-state index is 11.4. The number of halogens is 1. The minimum absolute atomic E-state index is 0.0324. The number of ether oxygens (including phenoxy) is 1. The van der Waals surface area contributed by atoms with Crippen LogP contribution >= 0.6 is 15.9 Å². The first-order valence-electron chi connectivity index (χ1n) is 4.28. The highest BCUT2D eigenvalue weighted by molar-refractivity contribution is 9.10. The number of para-hydroxylation sites is 1. The van der Waals surface area contributed by atoms with Gasteiger partial charge in [-0.3, -0.25) is 0 Å². The molecule has 2 N–H and O–H groups in total. The van der Waals surface area contributed by atoms with Crippen molar-refractivity contribution < 1.29 is 13.9 Å². The van der Waals surface area contributed by atoms with Crippen LogP contribution in [0.4, 0.5) is 4.79 Å². The summed E-state index contributed by atoms with van der Waals surface area (Å²) in [5.41, 5.74) is 4.62. The SMILES string of the molecule is NC(=O)Oc1c(Br)c(=O)oc2ccccc12. The van der Waals surface area contributed by atoms with Crippen molar-refractivity contribution in [3.05, 3.63) is 39.2 Å². The molecule has 0 fully saturated rings. The van der Waals surface area contributed by atoms with Gasteiger partial charge in [0.2, 0.25) is 0 Å². The highest BCUT2D eigenvalue weighted by Crippen LogP contribution is 2.30. The quantitative estimate of drug-likeness (QED) is 0.812. The maximum atomic E-state index is 11.4. The van der Waals surface area contributed by atoms with E-state index in [1.165, 1.54) is 0 Å². The van der Waals surface area contributed by atoms with Crippen molar-refractivity contribution >= 4 is 33.0 Å². The van der Waals surface area contributed by atoms with Crippen molar-refractivity contribution in [2.45, 2.75) is 0 Å². The van der Waals surface area contributed by atoms with Gasteiger partial charge in [-0.1, -0.05) is 12.1 Å². The molecule has 1 heterocycles. The first kappa shape index (κ1) is 10.7. The molecule has 0 aliphatic heterocycles. The number of carbonyl (C=O) groups is 1. The molecule has 0 bridgehead atoms. The molecule has 0 saturated heterocycles. The Morgan fingerprint density at radius 3 is 2.75 bits per heavy atom. The average molecular weight is 284 g/mol. The Labute approximate surface area is 97.9 Å². The van der Waals surface area contributed by atoms with E-state index in [0.717, 1.165) is 0 Å². The molecule has 2 aromatic rings. The Morgan fingerprint density at radius 2 is 2.06 bits per heavy atom. The minimum atomic E-state index is -0.989. The van der Waals surface area contributed by atoms with Gasteiger partial charge in [0.25, 0.3) is 0 Å². The third-order valence-corrected chi connectivity index (χ3v) is 2.60. The molecule has 0 atom stereocenters. The largest absolute Gasteiger partial charge is 0.422 e. The number of carbonyl (C=O) groups excluding carboxylic acids is 1. The number of amides is 1. The predicted octanol–water partition coefficient (Wildman–Crippen LogP) is 2.01. The zero-order chi connectivity index (χ0) is 11.7. The Hall–Kier alpha value is -1.82. The highest BCUT2D eigenvalue weighted by Gasteiger charge is 2.15. The summed E-state index contributed by atoms with van der Waals surface area (Å²) >= 11 is 2.99. The van der Waals surface area contributed by atoms with Crippen LogP contribution in [-0.4, -0.2) is 6.09 Å². The molecule has 2 rings (SSSR count). The molecule has 1 amide bonds. The fourth-order valence-corrected chi connectivity index (χ4v) is 1.67. The Kier molecular flexibility index (Phi) is 2.66. The van der Waals surface area contributed by atoms with Crippen LogP contribution in [0.3, 0.4) is 0 Å². The molecular formula is C10H6BrNO4. The number of nitrogens with two attached hydrogens (primary N) is 1. The van der Waals surface area contributed by atoms with Crippen molar-refractivity contribution in [2.24, 2.45) is 5.73 Å². The number of rotatable bonds is 1. The standard InChI is InChI=1S/C10H6BrNO4/c11-7-8(16-10(12)14)5-3-1-2-4-6(5)15-9(7)13/h1-4H,(H2,12,14). The zero-order valence-electron chi connectivity index (χ0n) is 7.90. The van der Waals surface area contributed by atoms with E-state index in [9.17, 15) is 9.59 Å². The van der Waals surface area contributed by atoms with E-state index < -0.39 is 11.7 Å². The Balaban J connectivity index is 2.81. The van der Waals surface area contributed by atoms with Crippen molar-refractivity contribution in [1.29, 1.82) is 0 Å². The summed E-state index contributed by atoms with van der Waals surface area (Å²) in [7, 11) is 0. The van der Waals surface area contributed by atoms with Crippen molar-refractivity contribution in [1.82, 2.24) is 0 Å². The lowest BCUT2D eigenvalue weighted by Crippen LogP contribution is -2.18. The molecule has 16 heavy (non-hydrogen) atoms. The molecule has 1 aromatic carbocycles. The second-order valence-corrected chi connectivity index (χ2v) is 3.74. The first-order chi connectivity index (χ1) is 7.59. The molecule has 0 saturated carbocycles. The molecule has 1 aromatic heterocycles. The average Bonchev–Trinajstić information content (AvgIpc) is 2.24. The van der Waals surface area contributed by atoms with Gasteiger partial charge in [0.15, 0.2) is 5.75 Å². The lowest BCUT2D eigenvalue weighted by atomic mass is 10.2. The van der Waals surface area contributed by atoms with E-state index in [0.29, 0.717) is 11.0 Å². The lowest BCUT2D eigenvalue weighted by Gasteiger charge is -2.05. The molecular weight excluding hydrogens is 278 g/mol. The molecule has 0 radical (unpaired) electrons. The van der Waals surface area contributed by atoms with Gasteiger partial charge >= 0.3 is 11.7 Å². The minimum Gasteiger partial charge on any atom is -0.422 e. The summed E-state index contributed by atoms with van der Waals surface area (Å²) in [5, 5.41) is 0.493. The predicted molar refractivity (Wildman–Crippen MR) is 60.4 cm³/mol. The van der Waals surface area contributed by atoms with E-state index >= 15 is 0 Å². The van der Waals surface area contributed by atoms with Gasteiger partial charge in [0, 0.05) is 0 Å². The topological polar surface area (TPSA) is 82.5 Å². The maximum Gasteiger partial charge on any atom is 0.410 e. The van der Waals surface area contributed by atoms with Crippen LogP contribution < -0.4 is 16.1 Å². The summed E-state index contributed by atoms with van der Waals surface area (Å²) in [6.07, 6.45) is -0.989. The van der Waals surface area contributed by atoms with E-state index in [2.05, 4.69) is 15.9 Å². The second-order valence-electron chi connectivity index (χ2n) is 2.95. The highest BCUT2D eigenvalue weighted by atomic mass is 79.9. The molecule has 6 heteroatoms. The second kappa shape index (κ2) is 3.97. The van der Waals surface area contributed by atoms with Gasteiger partial charge < -0.3 is 14.9 Å². The number of hydrogen-bond acceptors (Lipinski definition) is 4. The zero-order valence-corrected chi connectivity index (χ0v) is 9.48. The lowest BCUT2D eigenvalue weighted by molar-refractivity contribution is 0.211. The summed E-state index contributed by atoms with van der Waals surface area (Å²) < 4.78 is 9.78. The smallest absolute Gasteiger partial charge is 0.410 e. The van der Waals surface area contributed by atoms with Crippen molar-refractivity contribution in [3.63, 3.8) is 0 Å². The third-order valence-electron chi connectivity index (χ3n) is 1.92. The van der Waals surface area contributed by atoms with E-state index in [-0.39, 0.29) is 10.2 Å². The Bertz CT molecular complexity index is 620. The molecule has 0 aliphatic rings. The Morgan fingerprint density at radius 1 is 1.38 bits per heavy atom. The van der Waals surface area contributed by atoms with E-state index in [1.807, 2.05) is 0 Å². The van der Waals surface area contributed by atoms with Gasteiger partial charge in [-0.15, -0.1) is 0 Å². The van der Waals surface area contributed by atoms with Crippen LogP contribution in [0.25, 0.3) is 11.0 Å². The molecule has 0 spiro atoms. The number of primary amides is 1. The van der Waals surface area contributed by atoms with Crippen molar-refractivity contribution in [3.8, 4) is 5.75 Å². The molecule has 5 nitrogen and oxygen atoms in total. The monoisotopic (exact) mass is 283 g/mol. The molecule has 82 valence electrons. The van der Waals surface area contributed by atoms with Gasteiger partial charge in [-0.05, 0) is 28.1 Å². The fourth-order valence-electron chi connectivity index (χ4n) is 1.30. The van der Waals surface area contributed by atoms with Crippen LogP contribution in [0.1, 0.15) is 0 Å². The van der Waals surface area contributed by atoms with Crippen LogP contribution in [-0.2, 0) is 0 Å². The number of hydrogen-bond donors (Lipinski definition) is 1. The number of fused-ring (bicyclic) bond motifs is 1. The van der Waals surface area contributed by atoms with Gasteiger partial charge in [0.1, 0.15) is 10.1 Å². The molecule has 0 aliphatic carbocycles. The summed E-state index contributed by atoms with van der Waals surface area (Å²) in [6, 6.07) is 6.67. The van der Waals surface area contributed by atoms with Crippen LogP contribution in [0.15, 0.2) is 37.9 Å². The van der Waals surface area contributed by atoms with E-state index in [1.54, 1.807) is 24.3 Å². The summed E-state index contributed by atoms with van der Waals surface area (Å²) in [4.78, 5) is 22.1. The summed E-state index contributed by atoms with van der Waals surface area (Å²) in [6.45, 7) is 0. The van der Waals surface area contributed by atoms with E-state index in [4.69, 9.17) is 14.9 Å². The van der Waals surface area contributed by atoms with Gasteiger partial charge in [-0.25, -0.2) is 9.59 Å². The number of benzene rings is 1. The van der Waals surface area contributed by atoms with Gasteiger partial charge in [-0.2, -0.15) is 0 Å². The van der Waals surface area contributed by atoms with Crippen LogP contribution in [0.2, 0.25) is 0 Å². The van der Waals surface area contributed by atoms with Gasteiger partial charge in [0.05, 0.1) is 5.39 Å². The molecule has 0 unspecified atom stereocenters. The van der Waals surface area contributed by atoms with Crippen molar-refractivity contribution in [2.75, 3.05) is 0 Å². The normalized spacial score (nSPS) is 10.3. The fraction of sp³-hybridized carbons (Fsp3) is 0. The van der Waals surface area contributed by atoms with Crippen LogP contribution in [0, 0.1) is 0 Å².